The fraction of sp³-hybridized carbons (Fsp3) is 0.727. The number of hydrogen-bond acceptors (Lipinski definition) is 6. The first-order valence-electron chi connectivity index (χ1n) is 5.93. The maximum absolute atomic E-state index is 10.9. The number of aliphatic hydroxyl groups is 1. The zero-order valence-electron chi connectivity index (χ0n) is 12.0. The van der Waals surface area contributed by atoms with Gasteiger partial charge in [0, 0.05) is 27.1 Å². The summed E-state index contributed by atoms with van der Waals surface area (Å²) < 4.78 is 1.60. The molecule has 0 radical (unpaired) electrons. The molecule has 0 aliphatic heterocycles. The molecule has 1 aromatic heterocycles. The minimum absolute atomic E-state index is 0.199. The van der Waals surface area contributed by atoms with Crippen LogP contribution in [0.4, 0.5) is 11.6 Å². The van der Waals surface area contributed by atoms with Gasteiger partial charge in [0.2, 0.25) is 11.6 Å². The Hall–Kier alpha value is -1.67. The molecule has 0 aromatic carbocycles. The molecule has 8 nitrogen and oxygen atoms in total. The highest BCUT2D eigenvalue weighted by Crippen LogP contribution is 2.24. The molecular weight excluding hydrogens is 250 g/mol. The Balaban J connectivity index is 2.86. The molecule has 108 valence electrons. The molecule has 1 aromatic rings. The first kappa shape index (κ1) is 15.4. The Labute approximate surface area is 112 Å². The standard InChI is InChI=1S/C11H21N5O3/c1-8-13-10(16(18)19)9(15(8)5)12-6-11(2,17)7-14(3)4/h12,17H,6-7H2,1-5H3. The molecular formula is C11H21N5O3. The summed E-state index contributed by atoms with van der Waals surface area (Å²) >= 11 is 0. The van der Waals surface area contributed by atoms with Gasteiger partial charge in [0.05, 0.1) is 5.60 Å². The summed E-state index contributed by atoms with van der Waals surface area (Å²) in [6, 6.07) is 0. The van der Waals surface area contributed by atoms with Crippen molar-refractivity contribution in [2.75, 3.05) is 32.5 Å². The number of aryl methyl sites for hydroxylation is 1. The summed E-state index contributed by atoms with van der Waals surface area (Å²) in [7, 11) is 5.40. The van der Waals surface area contributed by atoms with Gasteiger partial charge in [-0.25, -0.2) is 0 Å². The second-order valence-electron chi connectivity index (χ2n) is 5.24. The lowest BCUT2D eigenvalue weighted by atomic mass is 10.1. The zero-order valence-corrected chi connectivity index (χ0v) is 12.0. The molecule has 0 fully saturated rings. The fourth-order valence-corrected chi connectivity index (χ4v) is 1.93. The summed E-state index contributed by atoms with van der Waals surface area (Å²) in [5.74, 6) is 0.628. The molecule has 0 saturated carbocycles. The van der Waals surface area contributed by atoms with Gasteiger partial charge in [0.15, 0.2) is 0 Å². The van der Waals surface area contributed by atoms with Crippen molar-refractivity contribution in [1.82, 2.24) is 14.5 Å². The Morgan fingerprint density at radius 1 is 1.58 bits per heavy atom. The van der Waals surface area contributed by atoms with E-state index in [-0.39, 0.29) is 12.4 Å². The van der Waals surface area contributed by atoms with E-state index in [0.29, 0.717) is 18.2 Å². The number of likely N-dealkylation sites (N-methyl/N-ethyl adjacent to an activating group) is 1. The highest BCUT2D eigenvalue weighted by atomic mass is 16.6. The lowest BCUT2D eigenvalue weighted by molar-refractivity contribution is -0.388. The van der Waals surface area contributed by atoms with Crippen molar-refractivity contribution in [3.63, 3.8) is 0 Å². The average molecular weight is 271 g/mol. The highest BCUT2D eigenvalue weighted by molar-refractivity contribution is 5.53. The molecule has 1 atom stereocenters. The van der Waals surface area contributed by atoms with Crippen molar-refractivity contribution in [3.05, 3.63) is 15.9 Å². The number of nitro groups is 1. The summed E-state index contributed by atoms with van der Waals surface area (Å²) in [6.07, 6.45) is 0. The van der Waals surface area contributed by atoms with E-state index in [4.69, 9.17) is 0 Å². The van der Waals surface area contributed by atoms with Crippen LogP contribution in [0.15, 0.2) is 0 Å². The van der Waals surface area contributed by atoms with E-state index in [2.05, 4.69) is 10.3 Å². The van der Waals surface area contributed by atoms with Crippen LogP contribution in [-0.2, 0) is 7.05 Å². The Morgan fingerprint density at radius 2 is 2.16 bits per heavy atom. The maximum Gasteiger partial charge on any atom is 0.406 e. The van der Waals surface area contributed by atoms with Gasteiger partial charge in [-0.15, -0.1) is 0 Å². The SMILES string of the molecule is Cc1nc([N+](=O)[O-])c(NCC(C)(O)CN(C)C)n1C. The molecule has 0 bridgehead atoms. The van der Waals surface area contributed by atoms with Gasteiger partial charge in [0.1, 0.15) is 0 Å². The van der Waals surface area contributed by atoms with Crippen molar-refractivity contribution in [1.29, 1.82) is 0 Å². The second-order valence-corrected chi connectivity index (χ2v) is 5.24. The third-order valence-electron chi connectivity index (χ3n) is 2.77. The monoisotopic (exact) mass is 271 g/mol. The van der Waals surface area contributed by atoms with Gasteiger partial charge in [-0.2, -0.15) is 0 Å². The molecule has 0 amide bonds. The van der Waals surface area contributed by atoms with E-state index >= 15 is 0 Å². The average Bonchev–Trinajstić information content (AvgIpc) is 2.51. The van der Waals surface area contributed by atoms with Gasteiger partial charge in [0.25, 0.3) is 0 Å². The van der Waals surface area contributed by atoms with Gasteiger partial charge < -0.3 is 25.4 Å². The van der Waals surface area contributed by atoms with Crippen molar-refractivity contribution in [3.8, 4) is 0 Å². The Morgan fingerprint density at radius 3 is 2.63 bits per heavy atom. The molecule has 2 N–H and O–H groups in total. The van der Waals surface area contributed by atoms with E-state index in [0.717, 1.165) is 0 Å². The normalized spacial score (nSPS) is 14.5. The van der Waals surface area contributed by atoms with Crippen molar-refractivity contribution in [2.45, 2.75) is 19.4 Å². The molecule has 0 spiro atoms. The molecule has 1 rings (SSSR count). The highest BCUT2D eigenvalue weighted by Gasteiger charge is 2.27. The first-order valence-corrected chi connectivity index (χ1v) is 5.93. The third kappa shape index (κ3) is 3.90. The van der Waals surface area contributed by atoms with Crippen LogP contribution in [0.25, 0.3) is 0 Å². The molecule has 1 heterocycles. The molecule has 8 heteroatoms. The quantitative estimate of drug-likeness (QED) is 0.573. The topological polar surface area (TPSA) is 96.5 Å². The minimum Gasteiger partial charge on any atom is -0.387 e. The number of hydrogen-bond donors (Lipinski definition) is 2. The van der Waals surface area contributed by atoms with Crippen LogP contribution in [0, 0.1) is 17.0 Å². The fourth-order valence-electron chi connectivity index (χ4n) is 1.93. The number of nitrogens with one attached hydrogen (secondary N) is 1. The molecule has 0 aliphatic rings. The molecule has 19 heavy (non-hydrogen) atoms. The zero-order chi connectivity index (χ0) is 14.8. The largest absolute Gasteiger partial charge is 0.406 e. The number of imidazole rings is 1. The van der Waals surface area contributed by atoms with Crippen LogP contribution >= 0.6 is 0 Å². The van der Waals surface area contributed by atoms with E-state index in [1.165, 1.54) is 0 Å². The molecule has 1 unspecified atom stereocenters. The third-order valence-corrected chi connectivity index (χ3v) is 2.77. The van der Waals surface area contributed by atoms with Crippen LogP contribution in [0.5, 0.6) is 0 Å². The van der Waals surface area contributed by atoms with Crippen molar-refractivity contribution < 1.29 is 10.0 Å². The Kier molecular flexibility index (Phi) is 4.48. The number of aromatic nitrogens is 2. The Bertz CT molecular complexity index is 467. The van der Waals surface area contributed by atoms with Crippen molar-refractivity contribution in [2.24, 2.45) is 7.05 Å². The van der Waals surface area contributed by atoms with Gasteiger partial charge in [-0.05, 0) is 30.9 Å². The summed E-state index contributed by atoms with van der Waals surface area (Å²) in [4.78, 5) is 16.1. The van der Waals surface area contributed by atoms with Crippen LogP contribution in [-0.4, -0.2) is 57.3 Å². The van der Waals surface area contributed by atoms with E-state index < -0.39 is 10.5 Å². The number of anilines is 1. The lowest BCUT2D eigenvalue weighted by Gasteiger charge is -2.27. The van der Waals surface area contributed by atoms with Crippen LogP contribution < -0.4 is 5.32 Å². The predicted octanol–water partition coefficient (Wildman–Crippen LogP) is 0.361. The predicted molar refractivity (Wildman–Crippen MR) is 72.3 cm³/mol. The molecule has 0 saturated heterocycles. The van der Waals surface area contributed by atoms with Crippen LogP contribution in [0.3, 0.4) is 0 Å². The lowest BCUT2D eigenvalue weighted by Crippen LogP contribution is -2.43. The summed E-state index contributed by atoms with van der Waals surface area (Å²) in [5, 5.41) is 24.0. The van der Waals surface area contributed by atoms with Crippen LogP contribution in [0.1, 0.15) is 12.7 Å². The van der Waals surface area contributed by atoms with Gasteiger partial charge in [-0.1, -0.05) is 0 Å². The van der Waals surface area contributed by atoms with E-state index in [1.54, 1.807) is 25.5 Å². The smallest absolute Gasteiger partial charge is 0.387 e. The summed E-state index contributed by atoms with van der Waals surface area (Å²) in [6.45, 7) is 4.01. The maximum atomic E-state index is 10.9. The van der Waals surface area contributed by atoms with Gasteiger partial charge >= 0.3 is 5.82 Å². The number of nitrogens with zero attached hydrogens (tertiary/aromatic N) is 4. The summed E-state index contributed by atoms with van der Waals surface area (Å²) in [5.41, 5.74) is -0.991. The van der Waals surface area contributed by atoms with E-state index in [1.807, 2.05) is 19.0 Å². The molecule has 0 aliphatic carbocycles. The van der Waals surface area contributed by atoms with Crippen LogP contribution in [0.2, 0.25) is 0 Å². The van der Waals surface area contributed by atoms with Crippen molar-refractivity contribution >= 4 is 11.6 Å². The minimum atomic E-state index is -0.991. The van der Waals surface area contributed by atoms with Gasteiger partial charge in [-0.3, -0.25) is 4.57 Å². The number of rotatable bonds is 6. The second kappa shape index (κ2) is 5.54. The van der Waals surface area contributed by atoms with E-state index in [9.17, 15) is 15.2 Å². The first-order chi connectivity index (χ1) is 8.64.